The van der Waals surface area contributed by atoms with Gasteiger partial charge in [0.1, 0.15) is 0 Å². The van der Waals surface area contributed by atoms with Gasteiger partial charge in [-0.2, -0.15) is 0 Å². The molecule has 0 radical (unpaired) electrons. The third-order valence-corrected chi connectivity index (χ3v) is 5.33. The first-order chi connectivity index (χ1) is 10.5. The lowest BCUT2D eigenvalue weighted by molar-refractivity contribution is 0.159. The Bertz CT molecular complexity index is 462. The number of likely N-dealkylation sites (tertiary alicyclic amines) is 1. The van der Waals surface area contributed by atoms with Gasteiger partial charge < -0.3 is 15.4 Å². The summed E-state index contributed by atoms with van der Waals surface area (Å²) in [5.74, 6) is 0. The van der Waals surface area contributed by atoms with Gasteiger partial charge in [0.15, 0.2) is 0 Å². The van der Waals surface area contributed by atoms with Crippen LogP contribution in [-0.4, -0.2) is 56.9 Å². The molecule has 1 aromatic rings. The van der Waals surface area contributed by atoms with Crippen LogP contribution in [-0.2, 0) is 10.2 Å². The highest BCUT2D eigenvalue weighted by Crippen LogP contribution is 2.26. The Morgan fingerprint density at radius 1 is 1.55 bits per heavy atom. The molecule has 1 aliphatic heterocycles. The molecular formula is C16H27N3O2S. The zero-order valence-corrected chi connectivity index (χ0v) is 14.5. The molecule has 2 amide bonds. The molecule has 5 nitrogen and oxygen atoms in total. The molecule has 1 aliphatic rings. The molecule has 1 fully saturated rings. The van der Waals surface area contributed by atoms with E-state index in [0.29, 0.717) is 6.54 Å². The maximum atomic E-state index is 12.1. The quantitative estimate of drug-likeness (QED) is 0.807. The minimum Gasteiger partial charge on any atom is -0.383 e. The normalized spacial score (nSPS) is 19.3. The van der Waals surface area contributed by atoms with Crippen molar-refractivity contribution in [2.45, 2.75) is 31.7 Å². The maximum absolute atomic E-state index is 12.1. The second-order valence-electron chi connectivity index (χ2n) is 6.47. The largest absolute Gasteiger partial charge is 0.383 e. The van der Waals surface area contributed by atoms with Crippen LogP contribution in [0.25, 0.3) is 0 Å². The number of hydrogen-bond acceptors (Lipinski definition) is 4. The first-order valence-corrected chi connectivity index (χ1v) is 8.69. The molecule has 0 unspecified atom stereocenters. The number of carbonyl (C=O) groups excluding carboxylic acids is 1. The molecule has 1 aromatic heterocycles. The number of methoxy groups -OCH3 is 1. The van der Waals surface area contributed by atoms with E-state index in [9.17, 15) is 4.79 Å². The van der Waals surface area contributed by atoms with Gasteiger partial charge in [-0.25, -0.2) is 4.79 Å². The number of nitrogens with one attached hydrogen (secondary N) is 2. The van der Waals surface area contributed by atoms with Crippen LogP contribution in [0.2, 0.25) is 0 Å². The van der Waals surface area contributed by atoms with Crippen LogP contribution in [0.1, 0.15) is 25.1 Å². The van der Waals surface area contributed by atoms with E-state index in [-0.39, 0.29) is 17.5 Å². The van der Waals surface area contributed by atoms with Crippen molar-refractivity contribution in [1.82, 2.24) is 15.5 Å². The Balaban J connectivity index is 1.70. The predicted octanol–water partition coefficient (Wildman–Crippen LogP) is 2.05. The fraction of sp³-hybridized carbons (Fsp3) is 0.688. The van der Waals surface area contributed by atoms with Crippen molar-refractivity contribution >= 4 is 17.4 Å². The predicted molar refractivity (Wildman–Crippen MR) is 90.6 cm³/mol. The molecule has 1 saturated heterocycles. The summed E-state index contributed by atoms with van der Waals surface area (Å²) in [5.41, 5.74) is -0.0360. The van der Waals surface area contributed by atoms with Gasteiger partial charge in [-0.3, -0.25) is 4.90 Å². The molecule has 0 spiro atoms. The highest BCUT2D eigenvalue weighted by Gasteiger charge is 2.25. The van der Waals surface area contributed by atoms with E-state index in [1.54, 1.807) is 18.4 Å². The Hall–Kier alpha value is -1.11. The van der Waals surface area contributed by atoms with Crippen LogP contribution in [0.15, 0.2) is 17.5 Å². The summed E-state index contributed by atoms with van der Waals surface area (Å²) < 4.78 is 5.09. The van der Waals surface area contributed by atoms with Gasteiger partial charge in [0.25, 0.3) is 0 Å². The van der Waals surface area contributed by atoms with Gasteiger partial charge in [0.2, 0.25) is 0 Å². The topological polar surface area (TPSA) is 53.6 Å². The average Bonchev–Trinajstić information content (AvgIpc) is 3.15. The molecule has 1 atom stereocenters. The Labute approximate surface area is 137 Å². The van der Waals surface area contributed by atoms with E-state index >= 15 is 0 Å². The van der Waals surface area contributed by atoms with E-state index in [2.05, 4.69) is 46.9 Å². The summed E-state index contributed by atoms with van der Waals surface area (Å²) in [6.07, 6.45) is 1.01. The van der Waals surface area contributed by atoms with Crippen molar-refractivity contribution in [1.29, 1.82) is 0 Å². The van der Waals surface area contributed by atoms with Crippen LogP contribution in [0.3, 0.4) is 0 Å². The SMILES string of the molecule is COCCN1CC[C@@H](NC(=O)NCC(C)(C)c2cccs2)C1. The summed E-state index contributed by atoms with van der Waals surface area (Å²) in [5, 5.41) is 8.16. The van der Waals surface area contributed by atoms with Gasteiger partial charge in [-0.05, 0) is 17.9 Å². The number of ether oxygens (including phenoxy) is 1. The van der Waals surface area contributed by atoms with Crippen LogP contribution < -0.4 is 10.6 Å². The van der Waals surface area contributed by atoms with Crippen LogP contribution in [0.5, 0.6) is 0 Å². The summed E-state index contributed by atoms with van der Waals surface area (Å²) in [6.45, 7) is 8.55. The second-order valence-corrected chi connectivity index (χ2v) is 7.41. The molecule has 2 rings (SSSR count). The van der Waals surface area contributed by atoms with Crippen LogP contribution in [0.4, 0.5) is 4.79 Å². The molecule has 0 saturated carbocycles. The van der Waals surface area contributed by atoms with Gasteiger partial charge in [-0.1, -0.05) is 19.9 Å². The van der Waals surface area contributed by atoms with E-state index in [1.807, 2.05) is 0 Å². The standard InChI is InChI=1S/C16H27N3O2S/c1-16(2,14-5-4-10-22-14)12-17-15(20)18-13-6-7-19(11-13)8-9-21-3/h4-5,10,13H,6-9,11-12H2,1-3H3,(H2,17,18,20)/t13-/m1/s1. The minimum absolute atomic E-state index is 0.0360. The third-order valence-electron chi connectivity index (χ3n) is 4.10. The fourth-order valence-electron chi connectivity index (χ4n) is 2.66. The van der Waals surface area contributed by atoms with Crippen molar-refractivity contribution in [2.75, 3.05) is 39.9 Å². The molecule has 6 heteroatoms. The summed E-state index contributed by atoms with van der Waals surface area (Å²) >= 11 is 1.73. The van der Waals surface area contributed by atoms with E-state index in [1.165, 1.54) is 4.88 Å². The molecule has 22 heavy (non-hydrogen) atoms. The molecule has 0 aromatic carbocycles. The zero-order chi connectivity index (χ0) is 16.0. The monoisotopic (exact) mass is 325 g/mol. The zero-order valence-electron chi connectivity index (χ0n) is 13.7. The number of nitrogens with zero attached hydrogens (tertiary/aromatic N) is 1. The van der Waals surface area contributed by atoms with Gasteiger partial charge in [-0.15, -0.1) is 11.3 Å². The van der Waals surface area contributed by atoms with E-state index in [4.69, 9.17) is 4.74 Å². The summed E-state index contributed by atoms with van der Waals surface area (Å²) in [6, 6.07) is 4.34. The van der Waals surface area contributed by atoms with Crippen molar-refractivity contribution < 1.29 is 9.53 Å². The number of hydrogen-bond donors (Lipinski definition) is 2. The number of amides is 2. The number of rotatable bonds is 7. The van der Waals surface area contributed by atoms with Crippen LogP contribution in [0, 0.1) is 0 Å². The van der Waals surface area contributed by atoms with E-state index in [0.717, 1.165) is 32.7 Å². The average molecular weight is 325 g/mol. The summed E-state index contributed by atoms with van der Waals surface area (Å²) in [7, 11) is 1.72. The van der Waals surface area contributed by atoms with Crippen LogP contribution >= 0.6 is 11.3 Å². The van der Waals surface area contributed by atoms with Gasteiger partial charge >= 0.3 is 6.03 Å². The number of thiophene rings is 1. The van der Waals surface area contributed by atoms with Gasteiger partial charge in [0.05, 0.1) is 6.61 Å². The molecule has 2 heterocycles. The highest BCUT2D eigenvalue weighted by molar-refractivity contribution is 7.10. The highest BCUT2D eigenvalue weighted by atomic mass is 32.1. The maximum Gasteiger partial charge on any atom is 0.315 e. The molecule has 2 N–H and O–H groups in total. The second kappa shape index (κ2) is 7.94. The Morgan fingerprint density at radius 3 is 3.05 bits per heavy atom. The molecular weight excluding hydrogens is 298 g/mol. The lowest BCUT2D eigenvalue weighted by atomic mass is 9.91. The van der Waals surface area contributed by atoms with Crippen molar-refractivity contribution in [3.05, 3.63) is 22.4 Å². The minimum atomic E-state index is -0.0665. The Kier molecular flexibility index (Phi) is 6.23. The van der Waals surface area contributed by atoms with Crippen molar-refractivity contribution in [3.8, 4) is 0 Å². The van der Waals surface area contributed by atoms with Gasteiger partial charge in [0, 0.05) is 49.6 Å². The number of urea groups is 1. The molecule has 0 bridgehead atoms. The molecule has 0 aliphatic carbocycles. The van der Waals surface area contributed by atoms with Crippen molar-refractivity contribution in [2.24, 2.45) is 0 Å². The first kappa shape index (κ1) is 17.2. The Morgan fingerprint density at radius 2 is 2.36 bits per heavy atom. The lowest BCUT2D eigenvalue weighted by Crippen LogP contribution is -2.46. The lowest BCUT2D eigenvalue weighted by Gasteiger charge is -2.24. The number of carbonyl (C=O) groups is 1. The summed E-state index contributed by atoms with van der Waals surface area (Å²) in [4.78, 5) is 15.7. The van der Waals surface area contributed by atoms with Crippen molar-refractivity contribution in [3.63, 3.8) is 0 Å². The van der Waals surface area contributed by atoms with E-state index < -0.39 is 0 Å². The first-order valence-electron chi connectivity index (χ1n) is 7.81. The molecule has 124 valence electrons. The third kappa shape index (κ3) is 4.97. The smallest absolute Gasteiger partial charge is 0.315 e. The fourth-order valence-corrected chi connectivity index (χ4v) is 3.51.